The zero-order valence-corrected chi connectivity index (χ0v) is 13.1. The fourth-order valence-electron chi connectivity index (χ4n) is 2.42. The molecular formula is C18H22ClNO. The minimum Gasteiger partial charge on any atom is -0.387 e. The summed E-state index contributed by atoms with van der Waals surface area (Å²) in [4.78, 5) is 0. The molecule has 2 N–H and O–H groups in total. The Morgan fingerprint density at radius 3 is 2.29 bits per heavy atom. The first-order valence-electron chi connectivity index (χ1n) is 7.42. The summed E-state index contributed by atoms with van der Waals surface area (Å²) in [5.41, 5.74) is 2.15. The fourth-order valence-corrected chi connectivity index (χ4v) is 2.54. The van der Waals surface area contributed by atoms with Crippen LogP contribution >= 0.6 is 11.6 Å². The molecule has 0 aromatic heterocycles. The Labute approximate surface area is 131 Å². The van der Waals surface area contributed by atoms with Crippen molar-refractivity contribution in [2.45, 2.75) is 31.9 Å². The summed E-state index contributed by atoms with van der Waals surface area (Å²) in [5.74, 6) is 0. The Morgan fingerprint density at radius 2 is 1.67 bits per heavy atom. The molecule has 0 amide bonds. The summed E-state index contributed by atoms with van der Waals surface area (Å²) in [6.45, 7) is 2.70. The Kier molecular flexibility index (Phi) is 6.24. The summed E-state index contributed by atoms with van der Waals surface area (Å²) in [5, 5.41) is 14.5. The van der Waals surface area contributed by atoms with Crippen molar-refractivity contribution in [3.8, 4) is 0 Å². The van der Waals surface area contributed by atoms with Gasteiger partial charge in [0.1, 0.15) is 0 Å². The summed E-state index contributed by atoms with van der Waals surface area (Å²) < 4.78 is 0. The van der Waals surface area contributed by atoms with E-state index in [4.69, 9.17) is 11.6 Å². The van der Waals surface area contributed by atoms with E-state index in [1.807, 2.05) is 54.6 Å². The van der Waals surface area contributed by atoms with Crippen molar-refractivity contribution in [1.82, 2.24) is 5.32 Å². The van der Waals surface area contributed by atoms with Gasteiger partial charge in [0.05, 0.1) is 6.10 Å². The molecular weight excluding hydrogens is 282 g/mol. The van der Waals surface area contributed by atoms with Crippen LogP contribution in [-0.4, -0.2) is 11.7 Å². The van der Waals surface area contributed by atoms with E-state index >= 15 is 0 Å². The Balaban J connectivity index is 1.98. The lowest BCUT2D eigenvalue weighted by atomic mass is 10.0. The van der Waals surface area contributed by atoms with Crippen LogP contribution in [0.5, 0.6) is 0 Å². The van der Waals surface area contributed by atoms with Gasteiger partial charge in [-0.25, -0.2) is 0 Å². The van der Waals surface area contributed by atoms with Crippen molar-refractivity contribution in [2.24, 2.45) is 0 Å². The molecule has 0 bridgehead atoms. The predicted octanol–water partition coefficient (Wildman–Crippen LogP) is 4.50. The van der Waals surface area contributed by atoms with Crippen LogP contribution in [0.1, 0.15) is 43.0 Å². The van der Waals surface area contributed by atoms with E-state index in [1.54, 1.807) is 0 Å². The molecule has 2 rings (SSSR count). The van der Waals surface area contributed by atoms with Crippen LogP contribution in [0.4, 0.5) is 0 Å². The molecule has 0 heterocycles. The highest BCUT2D eigenvalue weighted by Gasteiger charge is 2.13. The largest absolute Gasteiger partial charge is 0.387 e. The summed E-state index contributed by atoms with van der Waals surface area (Å²) >= 11 is 5.94. The molecule has 0 saturated carbocycles. The third-order valence-corrected chi connectivity index (χ3v) is 3.84. The summed E-state index contributed by atoms with van der Waals surface area (Å²) in [7, 11) is 0. The molecule has 0 aliphatic carbocycles. The minimum atomic E-state index is -0.488. The normalized spacial score (nSPS) is 13.9. The van der Waals surface area contributed by atoms with Crippen LogP contribution in [0.3, 0.4) is 0 Å². The molecule has 2 aromatic carbocycles. The zero-order valence-electron chi connectivity index (χ0n) is 12.3. The number of aliphatic hydroxyl groups is 1. The van der Waals surface area contributed by atoms with Gasteiger partial charge in [-0.05, 0) is 29.7 Å². The average Bonchev–Trinajstić information content (AvgIpc) is 2.53. The highest BCUT2D eigenvalue weighted by molar-refractivity contribution is 6.30. The van der Waals surface area contributed by atoms with E-state index in [1.165, 1.54) is 5.56 Å². The van der Waals surface area contributed by atoms with E-state index in [-0.39, 0.29) is 6.04 Å². The number of aliphatic hydroxyl groups excluding tert-OH is 1. The molecule has 2 aromatic rings. The van der Waals surface area contributed by atoms with Crippen molar-refractivity contribution in [2.75, 3.05) is 6.54 Å². The molecule has 0 radical (unpaired) electrons. The Morgan fingerprint density at radius 1 is 1.00 bits per heavy atom. The van der Waals surface area contributed by atoms with Gasteiger partial charge in [-0.2, -0.15) is 0 Å². The zero-order chi connectivity index (χ0) is 15.1. The van der Waals surface area contributed by atoms with E-state index in [2.05, 4.69) is 12.2 Å². The first kappa shape index (κ1) is 16.0. The quantitative estimate of drug-likeness (QED) is 0.789. The maximum Gasteiger partial charge on any atom is 0.0914 e. The van der Waals surface area contributed by atoms with Gasteiger partial charge in [0.15, 0.2) is 0 Å². The summed E-state index contributed by atoms with van der Waals surface area (Å²) in [6, 6.07) is 17.9. The van der Waals surface area contributed by atoms with Crippen LogP contribution in [0, 0.1) is 0 Å². The van der Waals surface area contributed by atoms with Crippen molar-refractivity contribution >= 4 is 11.6 Å². The van der Waals surface area contributed by atoms with Gasteiger partial charge in [0, 0.05) is 17.6 Å². The van der Waals surface area contributed by atoms with E-state index in [9.17, 15) is 5.11 Å². The molecule has 112 valence electrons. The van der Waals surface area contributed by atoms with E-state index in [0.29, 0.717) is 6.54 Å². The van der Waals surface area contributed by atoms with Crippen LogP contribution in [0.2, 0.25) is 5.02 Å². The van der Waals surface area contributed by atoms with E-state index < -0.39 is 6.10 Å². The first-order valence-corrected chi connectivity index (χ1v) is 7.80. The number of halogens is 1. The second-order valence-corrected chi connectivity index (χ2v) is 5.66. The highest BCUT2D eigenvalue weighted by Crippen LogP contribution is 2.21. The smallest absolute Gasteiger partial charge is 0.0914 e. The van der Waals surface area contributed by atoms with Gasteiger partial charge in [-0.15, -0.1) is 0 Å². The fraction of sp³-hybridized carbons (Fsp3) is 0.333. The number of hydrogen-bond acceptors (Lipinski definition) is 2. The maximum atomic E-state index is 10.2. The van der Waals surface area contributed by atoms with Crippen LogP contribution < -0.4 is 5.32 Å². The molecule has 21 heavy (non-hydrogen) atoms. The molecule has 0 aliphatic heterocycles. The van der Waals surface area contributed by atoms with Crippen LogP contribution in [0.25, 0.3) is 0 Å². The topological polar surface area (TPSA) is 32.3 Å². The first-order chi connectivity index (χ1) is 10.2. The SMILES string of the molecule is CCCC(NCC(O)c1ccccc1)c1ccc(Cl)cc1. The van der Waals surface area contributed by atoms with Gasteiger partial charge >= 0.3 is 0 Å². The Hall–Kier alpha value is -1.35. The third-order valence-electron chi connectivity index (χ3n) is 3.59. The lowest BCUT2D eigenvalue weighted by molar-refractivity contribution is 0.169. The lowest BCUT2D eigenvalue weighted by Crippen LogP contribution is -2.26. The van der Waals surface area contributed by atoms with Crippen molar-refractivity contribution in [3.63, 3.8) is 0 Å². The summed E-state index contributed by atoms with van der Waals surface area (Å²) in [6.07, 6.45) is 1.63. The second-order valence-electron chi connectivity index (χ2n) is 5.23. The standard InChI is InChI=1S/C18H22ClNO/c1-2-6-17(14-9-11-16(19)12-10-14)20-13-18(21)15-7-4-3-5-8-15/h3-5,7-12,17-18,20-21H,2,6,13H2,1H3. The molecule has 2 unspecified atom stereocenters. The number of hydrogen-bond donors (Lipinski definition) is 2. The lowest BCUT2D eigenvalue weighted by Gasteiger charge is -2.21. The number of nitrogens with one attached hydrogen (secondary N) is 1. The van der Waals surface area contributed by atoms with Gasteiger partial charge in [-0.1, -0.05) is 67.4 Å². The number of benzene rings is 2. The van der Waals surface area contributed by atoms with Crippen molar-refractivity contribution < 1.29 is 5.11 Å². The number of rotatable bonds is 7. The third kappa shape index (κ3) is 4.85. The molecule has 0 fully saturated rings. The minimum absolute atomic E-state index is 0.241. The van der Waals surface area contributed by atoms with Crippen LogP contribution in [0.15, 0.2) is 54.6 Å². The van der Waals surface area contributed by atoms with Crippen LogP contribution in [-0.2, 0) is 0 Å². The van der Waals surface area contributed by atoms with Gasteiger partial charge in [0.25, 0.3) is 0 Å². The monoisotopic (exact) mass is 303 g/mol. The van der Waals surface area contributed by atoms with Gasteiger partial charge in [-0.3, -0.25) is 0 Å². The Bertz CT molecular complexity index is 527. The van der Waals surface area contributed by atoms with Gasteiger partial charge < -0.3 is 10.4 Å². The predicted molar refractivity (Wildman–Crippen MR) is 88.5 cm³/mol. The second kappa shape index (κ2) is 8.18. The molecule has 2 atom stereocenters. The van der Waals surface area contributed by atoms with Crippen molar-refractivity contribution in [1.29, 1.82) is 0 Å². The van der Waals surface area contributed by atoms with Crippen molar-refractivity contribution in [3.05, 3.63) is 70.7 Å². The molecule has 0 aliphatic rings. The maximum absolute atomic E-state index is 10.2. The molecule has 0 spiro atoms. The molecule has 2 nitrogen and oxygen atoms in total. The highest BCUT2D eigenvalue weighted by atomic mass is 35.5. The van der Waals surface area contributed by atoms with E-state index in [0.717, 1.165) is 23.4 Å². The molecule has 0 saturated heterocycles. The van der Waals surface area contributed by atoms with Gasteiger partial charge in [0.2, 0.25) is 0 Å². The molecule has 3 heteroatoms. The average molecular weight is 304 g/mol.